The molecular formula is C15H20F3N3O2. The predicted octanol–water partition coefficient (Wildman–Crippen LogP) is 1.80. The van der Waals surface area contributed by atoms with E-state index < -0.39 is 17.8 Å². The van der Waals surface area contributed by atoms with Gasteiger partial charge in [0.1, 0.15) is 5.82 Å². The van der Waals surface area contributed by atoms with E-state index in [9.17, 15) is 18.0 Å². The maximum Gasteiger partial charge on any atom is 0.433 e. The second kappa shape index (κ2) is 6.82. The fourth-order valence-electron chi connectivity index (χ4n) is 2.82. The maximum absolute atomic E-state index is 13.2. The zero-order chi connectivity index (χ0) is 17.2. The van der Waals surface area contributed by atoms with E-state index in [2.05, 4.69) is 15.3 Å². The van der Waals surface area contributed by atoms with E-state index in [-0.39, 0.29) is 36.4 Å². The Morgan fingerprint density at radius 2 is 2.13 bits per heavy atom. The number of carbonyl (C=O) groups excluding carboxylic acids is 1. The van der Waals surface area contributed by atoms with Crippen LogP contribution >= 0.6 is 0 Å². The number of aromatic nitrogens is 2. The first kappa shape index (κ1) is 17.7. The highest BCUT2D eigenvalue weighted by Crippen LogP contribution is 2.35. The van der Waals surface area contributed by atoms with Gasteiger partial charge in [-0.3, -0.25) is 4.79 Å². The fourth-order valence-corrected chi connectivity index (χ4v) is 2.82. The third-order valence-corrected chi connectivity index (χ3v) is 3.97. The van der Waals surface area contributed by atoms with Crippen molar-refractivity contribution in [2.75, 3.05) is 6.61 Å². The van der Waals surface area contributed by atoms with Gasteiger partial charge in [-0.25, -0.2) is 9.97 Å². The molecule has 2 atom stereocenters. The molecule has 0 radical (unpaired) electrons. The summed E-state index contributed by atoms with van der Waals surface area (Å²) in [5.41, 5.74) is -0.512. The lowest BCUT2D eigenvalue weighted by molar-refractivity contribution is -0.142. The predicted molar refractivity (Wildman–Crippen MR) is 76.6 cm³/mol. The first-order chi connectivity index (χ1) is 10.7. The van der Waals surface area contributed by atoms with Gasteiger partial charge in [-0.1, -0.05) is 0 Å². The number of nitrogens with zero attached hydrogens (tertiary/aromatic N) is 2. The van der Waals surface area contributed by atoms with Gasteiger partial charge in [0, 0.05) is 29.8 Å². The Labute approximate surface area is 132 Å². The van der Waals surface area contributed by atoms with Crippen molar-refractivity contribution in [2.24, 2.45) is 5.92 Å². The van der Waals surface area contributed by atoms with E-state index in [0.29, 0.717) is 25.0 Å². The molecule has 0 saturated heterocycles. The molecule has 2 rings (SSSR count). The molecule has 1 amide bonds. The first-order valence-corrected chi connectivity index (χ1v) is 7.57. The molecule has 128 valence electrons. The van der Waals surface area contributed by atoms with Gasteiger partial charge in [-0.15, -0.1) is 0 Å². The molecule has 0 saturated carbocycles. The van der Waals surface area contributed by atoms with Gasteiger partial charge in [-0.05, 0) is 39.5 Å². The largest absolute Gasteiger partial charge is 0.433 e. The van der Waals surface area contributed by atoms with Crippen molar-refractivity contribution in [1.29, 1.82) is 0 Å². The van der Waals surface area contributed by atoms with Crippen LogP contribution in [-0.2, 0) is 23.8 Å². The number of fused-ring (bicyclic) bond motifs is 1. The summed E-state index contributed by atoms with van der Waals surface area (Å²) in [7, 11) is 0. The summed E-state index contributed by atoms with van der Waals surface area (Å²) in [5, 5.41) is 11.6. The number of nitrogens with one attached hydrogen (secondary N) is 1. The number of rotatable bonds is 4. The Morgan fingerprint density at radius 3 is 2.74 bits per heavy atom. The van der Waals surface area contributed by atoms with Gasteiger partial charge in [0.2, 0.25) is 5.91 Å². The van der Waals surface area contributed by atoms with E-state index in [1.807, 2.05) is 0 Å². The molecule has 1 heterocycles. The average Bonchev–Trinajstić information content (AvgIpc) is 2.45. The van der Waals surface area contributed by atoms with Gasteiger partial charge in [0.15, 0.2) is 5.69 Å². The molecule has 1 aliphatic carbocycles. The standard InChI is InChI=1S/C15H20F3N3O2/c1-8(5-6-22)19-14(23)10-3-4-12-11(7-10)13(15(16,17)18)21-9(2)20-12/h8,10,22H,3-7H2,1-2H3,(H,19,23)/t8-,10?/m1/s1. The third kappa shape index (κ3) is 4.19. The van der Waals surface area contributed by atoms with E-state index in [1.54, 1.807) is 6.92 Å². The fraction of sp³-hybridized carbons (Fsp3) is 0.667. The molecule has 0 spiro atoms. The molecule has 1 unspecified atom stereocenters. The van der Waals surface area contributed by atoms with Crippen molar-refractivity contribution >= 4 is 5.91 Å². The molecule has 2 N–H and O–H groups in total. The zero-order valence-electron chi connectivity index (χ0n) is 13.1. The molecule has 1 aromatic heterocycles. The number of hydrogen-bond acceptors (Lipinski definition) is 4. The average molecular weight is 331 g/mol. The smallest absolute Gasteiger partial charge is 0.396 e. The van der Waals surface area contributed by atoms with E-state index in [0.717, 1.165) is 0 Å². The third-order valence-electron chi connectivity index (χ3n) is 3.97. The first-order valence-electron chi connectivity index (χ1n) is 7.57. The van der Waals surface area contributed by atoms with Crippen molar-refractivity contribution in [3.05, 3.63) is 22.8 Å². The lowest BCUT2D eigenvalue weighted by atomic mass is 9.84. The molecule has 0 fully saturated rings. The summed E-state index contributed by atoms with van der Waals surface area (Å²) >= 11 is 0. The van der Waals surface area contributed by atoms with Crippen molar-refractivity contribution in [3.63, 3.8) is 0 Å². The zero-order valence-corrected chi connectivity index (χ0v) is 13.1. The van der Waals surface area contributed by atoms with Crippen LogP contribution in [0.15, 0.2) is 0 Å². The van der Waals surface area contributed by atoms with Gasteiger partial charge in [-0.2, -0.15) is 13.2 Å². The number of aryl methyl sites for hydroxylation is 2. The van der Waals surface area contributed by atoms with Crippen LogP contribution in [0.2, 0.25) is 0 Å². The Kier molecular flexibility index (Phi) is 5.23. The number of carbonyl (C=O) groups is 1. The summed E-state index contributed by atoms with van der Waals surface area (Å²) in [5.74, 6) is -0.725. The Hall–Kier alpha value is -1.70. The van der Waals surface area contributed by atoms with Crippen LogP contribution in [-0.4, -0.2) is 33.6 Å². The topological polar surface area (TPSA) is 75.1 Å². The lowest BCUT2D eigenvalue weighted by Gasteiger charge is -2.26. The second-order valence-corrected chi connectivity index (χ2v) is 5.90. The van der Waals surface area contributed by atoms with Gasteiger partial charge >= 0.3 is 6.18 Å². The normalized spacial score (nSPS) is 19.1. The minimum Gasteiger partial charge on any atom is -0.396 e. The lowest BCUT2D eigenvalue weighted by Crippen LogP contribution is -2.40. The molecule has 0 aliphatic heterocycles. The second-order valence-electron chi connectivity index (χ2n) is 5.90. The summed E-state index contributed by atoms with van der Waals surface area (Å²) in [6.07, 6.45) is -3.37. The number of alkyl halides is 3. The van der Waals surface area contributed by atoms with Crippen LogP contribution < -0.4 is 5.32 Å². The van der Waals surface area contributed by atoms with E-state index in [1.165, 1.54) is 6.92 Å². The van der Waals surface area contributed by atoms with Crippen molar-refractivity contribution in [2.45, 2.75) is 51.7 Å². The highest BCUT2D eigenvalue weighted by atomic mass is 19.4. The molecular weight excluding hydrogens is 311 g/mol. The van der Waals surface area contributed by atoms with Crippen LogP contribution in [0.1, 0.15) is 42.5 Å². The highest BCUT2D eigenvalue weighted by Gasteiger charge is 2.39. The van der Waals surface area contributed by atoms with Crippen LogP contribution in [0.5, 0.6) is 0 Å². The van der Waals surface area contributed by atoms with Gasteiger partial charge < -0.3 is 10.4 Å². The quantitative estimate of drug-likeness (QED) is 0.882. The number of aliphatic hydroxyl groups is 1. The van der Waals surface area contributed by atoms with E-state index in [4.69, 9.17) is 5.11 Å². The van der Waals surface area contributed by atoms with Crippen LogP contribution in [0.25, 0.3) is 0 Å². The van der Waals surface area contributed by atoms with Crippen molar-refractivity contribution in [3.8, 4) is 0 Å². The SMILES string of the molecule is Cc1nc2c(c(C(F)(F)F)n1)CC(C(=O)N[C@H](C)CCO)CC2. The van der Waals surface area contributed by atoms with Gasteiger partial charge in [0.05, 0.1) is 0 Å². The molecule has 23 heavy (non-hydrogen) atoms. The number of halogens is 3. The minimum atomic E-state index is -4.56. The molecule has 8 heteroatoms. The molecule has 1 aromatic rings. The van der Waals surface area contributed by atoms with Crippen LogP contribution in [0, 0.1) is 12.8 Å². The van der Waals surface area contributed by atoms with Crippen LogP contribution in [0.3, 0.4) is 0 Å². The summed E-state index contributed by atoms with van der Waals surface area (Å²) in [6.45, 7) is 3.13. The highest BCUT2D eigenvalue weighted by molar-refractivity contribution is 5.79. The maximum atomic E-state index is 13.2. The summed E-state index contributed by atoms with van der Waals surface area (Å²) in [4.78, 5) is 19.8. The van der Waals surface area contributed by atoms with Crippen LogP contribution in [0.4, 0.5) is 13.2 Å². The molecule has 0 bridgehead atoms. The Bertz CT molecular complexity index is 590. The summed E-state index contributed by atoms with van der Waals surface area (Å²) < 4.78 is 39.5. The van der Waals surface area contributed by atoms with Gasteiger partial charge in [0.25, 0.3) is 0 Å². The number of hydrogen-bond donors (Lipinski definition) is 2. The summed E-state index contributed by atoms with van der Waals surface area (Å²) in [6, 6.07) is -0.217. The Morgan fingerprint density at radius 1 is 1.43 bits per heavy atom. The molecule has 0 aromatic carbocycles. The monoisotopic (exact) mass is 331 g/mol. The Balaban J connectivity index is 2.21. The number of amides is 1. The van der Waals surface area contributed by atoms with Crippen molar-refractivity contribution < 1.29 is 23.1 Å². The minimum absolute atomic E-state index is 0.0118. The van der Waals surface area contributed by atoms with Crippen molar-refractivity contribution in [1.82, 2.24) is 15.3 Å². The van der Waals surface area contributed by atoms with E-state index >= 15 is 0 Å². The molecule has 5 nitrogen and oxygen atoms in total. The molecule has 1 aliphatic rings. The number of aliphatic hydroxyl groups excluding tert-OH is 1.